The predicted octanol–water partition coefficient (Wildman–Crippen LogP) is 1.32. The molecule has 1 saturated heterocycles. The zero-order valence-corrected chi connectivity index (χ0v) is 13.4. The van der Waals surface area contributed by atoms with E-state index in [9.17, 15) is 19.5 Å². The second-order valence-corrected chi connectivity index (χ2v) is 7.02. The second kappa shape index (κ2) is 6.14. The van der Waals surface area contributed by atoms with Gasteiger partial charge in [-0.05, 0) is 39.5 Å². The molecule has 7 heteroatoms. The molecular weight excluding hydrogens is 288 g/mol. The third-order valence-corrected chi connectivity index (χ3v) is 3.81. The number of hydrogen-bond acceptors (Lipinski definition) is 4. The molecule has 0 aromatic rings. The van der Waals surface area contributed by atoms with Gasteiger partial charge in [-0.1, -0.05) is 0 Å². The van der Waals surface area contributed by atoms with Crippen molar-refractivity contribution in [2.24, 2.45) is 5.92 Å². The summed E-state index contributed by atoms with van der Waals surface area (Å²) < 4.78 is 5.25. The first kappa shape index (κ1) is 16.6. The third kappa shape index (κ3) is 4.35. The Balaban J connectivity index is 1.99. The molecule has 0 spiro atoms. The lowest BCUT2D eigenvalue weighted by atomic mass is 10.1. The SMILES string of the molecule is CC(C)(C)OC(=O)N1CCN(C(=O)CC2CC2)CC1C(=O)O. The van der Waals surface area contributed by atoms with Gasteiger partial charge in [-0.25, -0.2) is 9.59 Å². The van der Waals surface area contributed by atoms with E-state index in [-0.39, 0.29) is 19.0 Å². The Morgan fingerprint density at radius 2 is 1.82 bits per heavy atom. The van der Waals surface area contributed by atoms with Gasteiger partial charge >= 0.3 is 12.1 Å². The number of carbonyl (C=O) groups excluding carboxylic acids is 2. The number of amides is 2. The van der Waals surface area contributed by atoms with Crippen molar-refractivity contribution in [3.05, 3.63) is 0 Å². The molecule has 1 unspecified atom stereocenters. The van der Waals surface area contributed by atoms with Gasteiger partial charge in [0.05, 0.1) is 6.54 Å². The molecular formula is C15H24N2O5. The number of aliphatic carboxylic acids is 1. The Morgan fingerprint density at radius 1 is 1.18 bits per heavy atom. The predicted molar refractivity (Wildman–Crippen MR) is 78.3 cm³/mol. The van der Waals surface area contributed by atoms with Crippen LogP contribution in [0.2, 0.25) is 0 Å². The van der Waals surface area contributed by atoms with E-state index >= 15 is 0 Å². The Hall–Kier alpha value is -1.79. The maximum atomic E-state index is 12.1. The molecule has 0 aromatic heterocycles. The van der Waals surface area contributed by atoms with Gasteiger partial charge in [0.15, 0.2) is 0 Å². The molecule has 2 amide bonds. The molecule has 7 nitrogen and oxygen atoms in total. The standard InChI is InChI=1S/C15H24N2O5/c1-15(2,3)22-14(21)17-7-6-16(9-11(17)13(19)20)12(18)8-10-4-5-10/h10-11H,4-9H2,1-3H3,(H,19,20). The summed E-state index contributed by atoms with van der Waals surface area (Å²) in [4.78, 5) is 38.5. The maximum absolute atomic E-state index is 12.1. The molecule has 124 valence electrons. The fourth-order valence-electron chi connectivity index (χ4n) is 2.46. The Bertz CT molecular complexity index is 467. The zero-order chi connectivity index (χ0) is 16.5. The number of piperazine rings is 1. The number of nitrogens with zero attached hydrogens (tertiary/aromatic N) is 2. The van der Waals surface area contributed by atoms with Crippen molar-refractivity contribution in [2.75, 3.05) is 19.6 Å². The lowest BCUT2D eigenvalue weighted by Crippen LogP contribution is -2.60. The van der Waals surface area contributed by atoms with E-state index in [0.29, 0.717) is 18.9 Å². The minimum absolute atomic E-state index is 0.0161. The van der Waals surface area contributed by atoms with Crippen LogP contribution in [-0.2, 0) is 14.3 Å². The molecule has 22 heavy (non-hydrogen) atoms. The summed E-state index contributed by atoms with van der Waals surface area (Å²) in [5.41, 5.74) is -0.681. The minimum Gasteiger partial charge on any atom is -0.480 e. The molecule has 1 saturated carbocycles. The van der Waals surface area contributed by atoms with E-state index in [1.165, 1.54) is 4.90 Å². The van der Waals surface area contributed by atoms with E-state index in [1.807, 2.05) is 0 Å². The van der Waals surface area contributed by atoms with Crippen LogP contribution in [0.15, 0.2) is 0 Å². The molecule has 0 radical (unpaired) electrons. The fourth-order valence-corrected chi connectivity index (χ4v) is 2.46. The van der Waals surface area contributed by atoms with Gasteiger partial charge in [0.1, 0.15) is 11.6 Å². The molecule has 2 aliphatic rings. The van der Waals surface area contributed by atoms with Gasteiger partial charge in [-0.15, -0.1) is 0 Å². The highest BCUT2D eigenvalue weighted by molar-refractivity contribution is 5.83. The number of carboxylic acid groups (broad SMARTS) is 1. The lowest BCUT2D eigenvalue weighted by Gasteiger charge is -2.39. The highest BCUT2D eigenvalue weighted by Crippen LogP contribution is 2.33. The van der Waals surface area contributed by atoms with Gasteiger partial charge in [0.2, 0.25) is 5.91 Å². The molecule has 1 aliphatic heterocycles. The summed E-state index contributed by atoms with van der Waals surface area (Å²) >= 11 is 0. The molecule has 0 bridgehead atoms. The molecule has 1 heterocycles. The summed E-state index contributed by atoms with van der Waals surface area (Å²) in [6, 6.07) is -1.05. The summed E-state index contributed by atoms with van der Waals surface area (Å²) in [6.07, 6.45) is 1.99. The van der Waals surface area contributed by atoms with Crippen LogP contribution in [0.5, 0.6) is 0 Å². The van der Waals surface area contributed by atoms with E-state index in [1.54, 1.807) is 25.7 Å². The summed E-state index contributed by atoms with van der Waals surface area (Å²) in [7, 11) is 0. The average Bonchev–Trinajstić information content (AvgIpc) is 3.19. The lowest BCUT2D eigenvalue weighted by molar-refractivity contribution is -0.148. The zero-order valence-electron chi connectivity index (χ0n) is 13.4. The molecule has 1 atom stereocenters. The highest BCUT2D eigenvalue weighted by Gasteiger charge is 2.39. The van der Waals surface area contributed by atoms with Gasteiger partial charge in [0.25, 0.3) is 0 Å². The molecule has 0 aromatic carbocycles. The van der Waals surface area contributed by atoms with Crippen LogP contribution < -0.4 is 0 Å². The van der Waals surface area contributed by atoms with Crippen LogP contribution in [0, 0.1) is 5.92 Å². The van der Waals surface area contributed by atoms with Crippen molar-refractivity contribution >= 4 is 18.0 Å². The molecule has 1 N–H and O–H groups in total. The first-order chi connectivity index (χ1) is 10.2. The molecule has 2 rings (SSSR count). The van der Waals surface area contributed by atoms with E-state index < -0.39 is 23.7 Å². The number of carbonyl (C=O) groups is 3. The smallest absolute Gasteiger partial charge is 0.411 e. The first-order valence-corrected chi connectivity index (χ1v) is 7.67. The third-order valence-electron chi connectivity index (χ3n) is 3.81. The van der Waals surface area contributed by atoms with Gasteiger partial charge in [-0.2, -0.15) is 0 Å². The van der Waals surface area contributed by atoms with Gasteiger partial charge in [-0.3, -0.25) is 9.69 Å². The van der Waals surface area contributed by atoms with Crippen molar-refractivity contribution < 1.29 is 24.2 Å². The Labute approximate surface area is 130 Å². The number of carboxylic acids is 1. The van der Waals surface area contributed by atoms with Crippen molar-refractivity contribution in [1.29, 1.82) is 0 Å². The normalized spacial score (nSPS) is 22.4. The summed E-state index contributed by atoms with van der Waals surface area (Å²) in [5.74, 6) is -0.674. The summed E-state index contributed by atoms with van der Waals surface area (Å²) in [5, 5.41) is 9.36. The van der Waals surface area contributed by atoms with Crippen molar-refractivity contribution in [2.45, 2.75) is 51.7 Å². The number of hydrogen-bond donors (Lipinski definition) is 1. The van der Waals surface area contributed by atoms with Gasteiger partial charge in [0, 0.05) is 19.5 Å². The average molecular weight is 312 g/mol. The van der Waals surface area contributed by atoms with Crippen LogP contribution in [-0.4, -0.2) is 64.2 Å². The maximum Gasteiger partial charge on any atom is 0.411 e. The Kier molecular flexibility index (Phi) is 4.63. The highest BCUT2D eigenvalue weighted by atomic mass is 16.6. The quantitative estimate of drug-likeness (QED) is 0.849. The van der Waals surface area contributed by atoms with Gasteiger partial charge < -0.3 is 14.7 Å². The van der Waals surface area contributed by atoms with Crippen LogP contribution in [0.3, 0.4) is 0 Å². The van der Waals surface area contributed by atoms with E-state index in [0.717, 1.165) is 12.8 Å². The largest absolute Gasteiger partial charge is 0.480 e. The minimum atomic E-state index is -1.12. The number of ether oxygens (including phenoxy) is 1. The summed E-state index contributed by atoms with van der Waals surface area (Å²) in [6.45, 7) is 5.76. The van der Waals surface area contributed by atoms with Crippen LogP contribution in [0.4, 0.5) is 4.79 Å². The number of rotatable bonds is 3. The van der Waals surface area contributed by atoms with Crippen molar-refractivity contribution in [3.8, 4) is 0 Å². The van der Waals surface area contributed by atoms with Crippen LogP contribution in [0.1, 0.15) is 40.0 Å². The Morgan fingerprint density at radius 3 is 2.32 bits per heavy atom. The van der Waals surface area contributed by atoms with Crippen molar-refractivity contribution in [3.63, 3.8) is 0 Å². The molecule has 1 aliphatic carbocycles. The monoisotopic (exact) mass is 312 g/mol. The fraction of sp³-hybridized carbons (Fsp3) is 0.800. The van der Waals surface area contributed by atoms with Crippen LogP contribution >= 0.6 is 0 Å². The van der Waals surface area contributed by atoms with Crippen molar-refractivity contribution in [1.82, 2.24) is 9.80 Å². The van der Waals surface area contributed by atoms with E-state index in [4.69, 9.17) is 4.74 Å². The van der Waals surface area contributed by atoms with E-state index in [2.05, 4.69) is 0 Å². The second-order valence-electron chi connectivity index (χ2n) is 7.02. The topological polar surface area (TPSA) is 87.2 Å². The molecule has 2 fully saturated rings. The van der Waals surface area contributed by atoms with Crippen LogP contribution in [0.25, 0.3) is 0 Å². The first-order valence-electron chi connectivity index (χ1n) is 7.67.